The van der Waals surface area contributed by atoms with Gasteiger partial charge in [-0.1, -0.05) is 397 Å². The van der Waals surface area contributed by atoms with Gasteiger partial charge in [-0.05, 0) is 0 Å². The van der Waals surface area contributed by atoms with Gasteiger partial charge < -0.3 is 12.3 Å². The molecule has 0 rings (SSSR count). The third-order valence-electron chi connectivity index (χ3n) is 0. The van der Waals surface area contributed by atoms with Crippen LogP contribution in [0.5, 0.6) is 0 Å². The highest BCUT2D eigenvalue weighted by Gasteiger charge is 0.996. The van der Waals surface area contributed by atoms with Crippen molar-refractivity contribution in [1.82, 2.24) is 12.3 Å². The van der Waals surface area contributed by atoms with Gasteiger partial charge >= 0.3 is 0 Å². The normalized spacial score (nSPS) is 0.556. The second-order valence-electron chi connectivity index (χ2n) is 0. The van der Waals surface area contributed by atoms with Crippen LogP contribution in [0.1, 0.15) is 353 Å². The van der Waals surface area contributed by atoms with Crippen molar-refractivity contribution >= 4 is 54.9 Å². The zero-order valence-electron chi connectivity index (χ0n) is 12.5. The molecule has 9 heteroatoms. The topological polar surface area (TPSA) is 70.0 Å². The Morgan fingerprint density at radius 1 is 0.111 bits per heavy atom. The Balaban J connectivity index is -0.000000000134. The van der Waals surface area contributed by atoms with Crippen LogP contribution in [0, 0.1) is 0 Å². The molecule has 0 atom stereocenters. The average Bonchev–Trinajstić information content (AvgIpc) is 2.45. The van der Waals surface area contributed by atoms with Crippen molar-refractivity contribution in [3.8, 4) is 0 Å². The fraction of sp³-hybridized carbons (Fsp3) is 1.00. The van der Waals surface area contributed by atoms with E-state index in [4.69, 9.17) is 0 Å². The van der Waals surface area contributed by atoms with Crippen LogP contribution < -0.4 is 12.3 Å². The first-order valence-electron chi connectivity index (χ1n) is 4.04. The highest BCUT2D eigenvalue weighted by Crippen LogP contribution is 0.973. The van der Waals surface area contributed by atoms with Gasteiger partial charge in [-0.2, -0.15) is 0 Å². The van der Waals surface area contributed by atoms with Crippen molar-refractivity contribution in [2.45, 2.75) is 397 Å². The van der Waals surface area contributed by atoms with Crippen LogP contribution in [0.2, 0.25) is 47.8 Å². The molecule has 0 aliphatic carbocycles. The lowest BCUT2D eigenvalue weighted by atomic mass is 10.2. The predicted octanol–water partition coefficient (Wildman–Crippen LogP) is 32.4. The molecule has 0 fully saturated rings. The second-order valence-corrected chi connectivity index (χ2v) is 0. The van der Waals surface area contributed by atoms with Gasteiger partial charge in [0.25, 0.3) is 0 Å². The zero-order valence-corrected chi connectivity index (χ0v) is 12.5. The molecule has 0 spiro atoms. The summed E-state index contributed by atoms with van der Waals surface area (Å²) in [6.45, 7) is 10.5. The molecule has 0 unspecified atom stereocenters. The molecular weight excluding hydrogens is 752 g/mol. The van der Waals surface area contributed by atoms with E-state index in [-0.39, 0.29) is 366 Å². The van der Waals surface area contributed by atoms with E-state index in [0.717, 1.165) is 0 Å². The monoisotopic (exact) mass is 981 g/mol. The van der Waals surface area contributed by atoms with Crippen LogP contribution in [0.3, 0.4) is 0 Å². The van der Waals surface area contributed by atoms with Gasteiger partial charge in [0, 0.05) is 4.28 Å². The minimum Gasteiger partial charge on any atom is -0.344 e. The van der Waals surface area contributed by atoms with E-state index < -0.39 is 0 Å². The van der Waals surface area contributed by atoms with E-state index in [9.17, 15) is 0 Å². The van der Waals surface area contributed by atoms with Crippen LogP contribution in [0.4, 0.5) is 0 Å². The molecule has 0 aromatic heterocycles. The summed E-state index contributed by atoms with van der Waals surface area (Å²) in [5.41, 5.74) is 0. The third-order valence-corrected chi connectivity index (χ3v) is 0. The van der Waals surface area contributed by atoms with Crippen molar-refractivity contribution < 1.29 is 4.28 Å². The highest BCUT2D eigenvalue weighted by atomic mass is 14.0. The lowest BCUT2D eigenvalue weighted by Gasteiger charge is -1.02. The van der Waals surface area contributed by atoms with Crippen molar-refractivity contribution in [2.24, 2.45) is 0 Å². The van der Waals surface area contributed by atoms with Gasteiger partial charge in [0.2, 0.25) is 0 Å². The third kappa shape index (κ3) is 1620000. The Labute approximate surface area is 466 Å². The predicted molar refractivity (Wildman–Crippen MR) is 414 cm³/mol. The van der Waals surface area contributed by atoms with E-state index in [1.54, 1.807) is 0 Å². The Hall–Kier alpha value is 0.375. The smallest absolute Gasteiger partial charge is 0.0606 e. The Morgan fingerprint density at radius 3 is 0.111 bits per heavy atom. The fourth-order valence-corrected chi connectivity index (χ4v) is 0. The van der Waals surface area contributed by atoms with Crippen LogP contribution >= 0.6 is 0 Å². The molecule has 0 saturated heterocycles. The fourth-order valence-electron chi connectivity index (χ4n) is 0. The number of rotatable bonds is 0. The lowest BCUT2D eigenvalue weighted by Crippen LogP contribution is -1.13. The van der Waals surface area contributed by atoms with Crippen LogP contribution in [-0.2, 0) is 0 Å². The van der Waals surface area contributed by atoms with Crippen LogP contribution in [-0.4, -0.2) is 54.9 Å². The van der Waals surface area contributed by atoms with Crippen molar-refractivity contribution in [2.75, 3.05) is 0 Å². The van der Waals surface area contributed by atoms with E-state index in [1.165, 1.54) is 47.8 Å². The molecule has 63 heavy (non-hydrogen) atoms. The molecule has 6 N–H and O–H groups in total. The van der Waals surface area contributed by atoms with Crippen molar-refractivity contribution in [3.63, 3.8) is 0 Å². The Kier molecular flexibility index (Phi) is 121000000. The molecule has 0 aliphatic rings. The van der Waals surface area contributed by atoms with Gasteiger partial charge in [0.05, 0.1) is 54.9 Å². The minimum atomic E-state index is 0. The van der Waals surface area contributed by atoms with E-state index in [1.807, 2.05) is 0 Å². The highest BCUT2D eigenvalue weighted by molar-refractivity contribution is 6.06. The van der Waals surface area contributed by atoms with E-state index in [2.05, 4.69) is 54.9 Å². The molecule has 0 heterocycles. The van der Waals surface area contributed by atoms with Crippen LogP contribution in [0.25, 0.3) is 0 Å². The SMILES string of the molecule is C.C.C.C.C.C.C.C.C.C.C.C.C.C.C.C.C.C.C.C.C.C.C.C.C.C.C.C.C.C.C.C.C.C.C.C.C.C.C.C.C.C.C.C.C.C.C.N.N.[2HH].[3HH].[3HH].[B]C.[B]C.[B]C.[B]C.[B]C.[B]C.[B]C. The summed E-state index contributed by atoms with van der Waals surface area (Å²) in [5.74, 6) is 0. The van der Waals surface area contributed by atoms with Crippen LogP contribution in [0.15, 0.2) is 0 Å². The Bertz CT molecular complexity index is 61.8. The minimum absolute atomic E-state index is 0. The first-order chi connectivity index (χ1) is 7.00. The molecule has 2 nitrogen and oxygen atoms in total. The summed E-state index contributed by atoms with van der Waals surface area (Å²) in [4.78, 5) is 0. The zero-order chi connectivity index (χ0) is 14.0. The quantitative estimate of drug-likeness (QED) is 0.238. The maximum Gasteiger partial charge on any atom is 0.0606 e. The van der Waals surface area contributed by atoms with Gasteiger partial charge in [-0.15, -0.1) is 0 Å². The molecule has 0 amide bonds. The molecule has 0 aromatic carbocycles. The van der Waals surface area contributed by atoms with Gasteiger partial charge in [0.15, 0.2) is 0 Å². The number of hydrogen-bond donors (Lipinski definition) is 2. The molecule has 0 saturated carbocycles. The summed E-state index contributed by atoms with van der Waals surface area (Å²) in [6.07, 6.45) is 0. The maximum atomic E-state index is 4.50. The summed E-state index contributed by atoms with van der Waals surface area (Å²) in [5, 5.41) is 0. The maximum absolute atomic E-state index is 4.50. The Morgan fingerprint density at radius 2 is 0.111 bits per heavy atom. The first kappa shape index (κ1) is 4530. The van der Waals surface area contributed by atoms with Gasteiger partial charge in [-0.25, -0.2) is 0 Å². The molecular formula is C54H221B7N2. The summed E-state index contributed by atoms with van der Waals surface area (Å²) < 4.78 is 0. The molecule has 0 aromatic rings. The molecule has 14 radical (unpaired) electrons. The standard InChI is InChI=1S/7CH3B.47CH4.2H3N.3H2/c7*1-2;;;;;;;;;;;;;;;;;;;;;;;;;;;;;;;;;;;;;;;;;;;;;;;;;;;;/h7*1H3;47*1H4;2*1H3;3*1H/i;;;;;;;;;;;;;;;;;;;;;;;;;;;;;;;;;;;;;;;;;;;;;;;;;;;;;;;;2*1+2;1+1. The van der Waals surface area contributed by atoms with Crippen molar-refractivity contribution in [3.05, 3.63) is 0 Å². The second kappa shape index (κ2) is 1670000. The lowest BCUT2D eigenvalue weighted by molar-refractivity contribution is 2.13. The average molecular weight is 980 g/mol. The van der Waals surface area contributed by atoms with E-state index in [0.29, 0.717) is 0 Å². The summed E-state index contributed by atoms with van der Waals surface area (Å²) >= 11 is 0. The van der Waals surface area contributed by atoms with E-state index >= 15 is 0 Å². The largest absolute Gasteiger partial charge is 0.344 e. The first-order valence-corrected chi connectivity index (χ1v) is 4.04. The summed E-state index contributed by atoms with van der Waals surface area (Å²) in [7, 11) is 31.5. The molecule has 0 aliphatic heterocycles. The van der Waals surface area contributed by atoms with Gasteiger partial charge in [0.1, 0.15) is 0 Å². The molecule has 468 valence electrons. The van der Waals surface area contributed by atoms with Gasteiger partial charge in [-0.3, -0.25) is 0 Å². The van der Waals surface area contributed by atoms with Crippen molar-refractivity contribution in [1.29, 1.82) is 0 Å². The number of hydrogen-bond acceptors (Lipinski definition) is 2. The molecule has 0 bridgehead atoms. The summed E-state index contributed by atoms with van der Waals surface area (Å²) in [6, 6.07) is 0.